The quantitative estimate of drug-likeness (QED) is 0.290. The lowest BCUT2D eigenvalue weighted by Gasteiger charge is -2.36. The van der Waals surface area contributed by atoms with Gasteiger partial charge in [0.1, 0.15) is 17.3 Å². The molecule has 0 unspecified atom stereocenters. The summed E-state index contributed by atoms with van der Waals surface area (Å²) in [5, 5.41) is 0.372. The van der Waals surface area contributed by atoms with Crippen molar-refractivity contribution in [1.82, 2.24) is 9.88 Å². The number of pyridine rings is 1. The highest BCUT2D eigenvalue weighted by molar-refractivity contribution is 6.07. The Labute approximate surface area is 222 Å². The Bertz CT molecular complexity index is 1530. The third-order valence-electron chi connectivity index (χ3n) is 6.79. The van der Waals surface area contributed by atoms with Crippen molar-refractivity contribution in [2.24, 2.45) is 0 Å². The first kappa shape index (κ1) is 26.3. The monoisotopic (exact) mass is 539 g/mol. The van der Waals surface area contributed by atoms with Crippen molar-refractivity contribution < 1.29 is 31.8 Å². The zero-order valence-electron chi connectivity index (χ0n) is 21.3. The molecule has 1 fully saturated rings. The third kappa shape index (κ3) is 5.32. The van der Waals surface area contributed by atoms with E-state index in [0.29, 0.717) is 52.4 Å². The number of ether oxygens (including phenoxy) is 2. The van der Waals surface area contributed by atoms with Gasteiger partial charge in [0.15, 0.2) is 0 Å². The van der Waals surface area contributed by atoms with Crippen LogP contribution < -0.4 is 14.4 Å². The molecule has 0 radical (unpaired) electrons. The van der Waals surface area contributed by atoms with Crippen molar-refractivity contribution >= 4 is 22.5 Å². The van der Waals surface area contributed by atoms with Crippen LogP contribution in [0.15, 0.2) is 66.7 Å². The number of amides is 1. The maximum atomic E-state index is 14.2. The molecule has 1 amide bonds. The third-order valence-corrected chi connectivity index (χ3v) is 6.79. The predicted molar refractivity (Wildman–Crippen MR) is 140 cm³/mol. The molecular formula is C29H25F4N3O3. The van der Waals surface area contributed by atoms with Crippen molar-refractivity contribution in [2.75, 3.05) is 45.3 Å². The summed E-state index contributed by atoms with van der Waals surface area (Å²) in [7, 11) is 3.06. The first-order chi connectivity index (χ1) is 18.7. The van der Waals surface area contributed by atoms with E-state index < -0.39 is 17.6 Å². The van der Waals surface area contributed by atoms with Crippen molar-refractivity contribution in [3.05, 3.63) is 83.7 Å². The lowest BCUT2D eigenvalue weighted by molar-refractivity contribution is -0.137. The average Bonchev–Trinajstić information content (AvgIpc) is 2.95. The summed E-state index contributed by atoms with van der Waals surface area (Å²) < 4.78 is 64.5. The minimum absolute atomic E-state index is 0.278. The van der Waals surface area contributed by atoms with E-state index >= 15 is 0 Å². The molecule has 202 valence electrons. The number of piperazine rings is 1. The molecule has 3 aromatic carbocycles. The summed E-state index contributed by atoms with van der Waals surface area (Å²) in [5.41, 5.74) is 1.55. The molecule has 1 aliphatic heterocycles. The molecule has 0 atom stereocenters. The van der Waals surface area contributed by atoms with Crippen LogP contribution in [0.1, 0.15) is 15.9 Å². The normalized spacial score (nSPS) is 14.0. The molecular weight excluding hydrogens is 514 g/mol. The molecule has 1 aliphatic rings. The highest BCUT2D eigenvalue weighted by Crippen LogP contribution is 2.35. The van der Waals surface area contributed by atoms with Gasteiger partial charge in [0, 0.05) is 48.9 Å². The summed E-state index contributed by atoms with van der Waals surface area (Å²) in [4.78, 5) is 21.8. The molecule has 2 heterocycles. The summed E-state index contributed by atoms with van der Waals surface area (Å²) in [6.45, 7) is 1.28. The van der Waals surface area contributed by atoms with Gasteiger partial charge >= 0.3 is 6.18 Å². The van der Waals surface area contributed by atoms with Gasteiger partial charge in [-0.1, -0.05) is 6.07 Å². The number of alkyl halides is 3. The Morgan fingerprint density at radius 3 is 2.36 bits per heavy atom. The Kier molecular flexibility index (Phi) is 7.03. The number of rotatable bonds is 5. The maximum Gasteiger partial charge on any atom is 0.416 e. The zero-order valence-corrected chi connectivity index (χ0v) is 21.3. The van der Waals surface area contributed by atoms with E-state index in [1.165, 1.54) is 31.4 Å². The summed E-state index contributed by atoms with van der Waals surface area (Å²) in [6.07, 6.45) is -4.43. The first-order valence-electron chi connectivity index (χ1n) is 12.2. The molecule has 5 rings (SSSR count). The van der Waals surface area contributed by atoms with Gasteiger partial charge in [-0.15, -0.1) is 0 Å². The number of nitrogens with zero attached hydrogens (tertiary/aromatic N) is 3. The molecule has 39 heavy (non-hydrogen) atoms. The summed E-state index contributed by atoms with van der Waals surface area (Å²) in [6, 6.07) is 16.1. The largest absolute Gasteiger partial charge is 0.497 e. The predicted octanol–water partition coefficient (Wildman–Crippen LogP) is 6.04. The van der Waals surface area contributed by atoms with Crippen molar-refractivity contribution in [2.45, 2.75) is 6.18 Å². The van der Waals surface area contributed by atoms with Gasteiger partial charge in [-0.3, -0.25) is 4.79 Å². The van der Waals surface area contributed by atoms with Gasteiger partial charge in [0.05, 0.1) is 36.6 Å². The van der Waals surface area contributed by atoms with Gasteiger partial charge in [-0.05, 0) is 54.6 Å². The number of halogens is 4. The van der Waals surface area contributed by atoms with Crippen molar-refractivity contribution in [3.8, 4) is 22.8 Å². The summed E-state index contributed by atoms with van der Waals surface area (Å²) in [5.74, 6) is 0.276. The average molecular weight is 540 g/mol. The molecule has 0 bridgehead atoms. The highest BCUT2D eigenvalue weighted by atomic mass is 19.4. The fourth-order valence-electron chi connectivity index (χ4n) is 4.74. The zero-order chi connectivity index (χ0) is 27.7. The van der Waals surface area contributed by atoms with Crippen LogP contribution in [0.3, 0.4) is 0 Å². The van der Waals surface area contributed by atoms with Crippen LogP contribution in [-0.2, 0) is 6.18 Å². The fourth-order valence-corrected chi connectivity index (χ4v) is 4.74. The molecule has 1 aromatic heterocycles. The number of methoxy groups -OCH3 is 2. The number of hydrogen-bond donors (Lipinski definition) is 0. The Balaban J connectivity index is 1.46. The van der Waals surface area contributed by atoms with E-state index in [1.807, 2.05) is 4.90 Å². The van der Waals surface area contributed by atoms with Crippen LogP contribution in [0.5, 0.6) is 11.5 Å². The minimum Gasteiger partial charge on any atom is -0.497 e. The SMILES string of the molecule is COc1ccc(-c2cc(C(=O)N3CCN(c4cccc(C(F)(F)F)c4)CC3)c3cc(F)ccc3n2)c(OC)c1. The smallest absolute Gasteiger partial charge is 0.416 e. The number of fused-ring (bicyclic) bond motifs is 1. The van der Waals surface area contributed by atoms with Crippen molar-refractivity contribution in [1.29, 1.82) is 0 Å². The van der Waals surface area contributed by atoms with Crippen LogP contribution in [0.2, 0.25) is 0 Å². The second-order valence-electron chi connectivity index (χ2n) is 9.11. The molecule has 0 spiro atoms. The van der Waals surface area contributed by atoms with E-state index in [1.54, 1.807) is 42.3 Å². The van der Waals surface area contributed by atoms with Crippen LogP contribution in [-0.4, -0.2) is 56.2 Å². The number of carbonyl (C=O) groups is 1. The molecule has 0 aliphatic carbocycles. The van der Waals surface area contributed by atoms with E-state index in [9.17, 15) is 22.4 Å². The number of hydrogen-bond acceptors (Lipinski definition) is 5. The Hall–Kier alpha value is -4.34. The van der Waals surface area contributed by atoms with Crippen molar-refractivity contribution in [3.63, 3.8) is 0 Å². The molecule has 1 saturated heterocycles. The number of benzene rings is 3. The topological polar surface area (TPSA) is 54.9 Å². The maximum absolute atomic E-state index is 14.2. The second-order valence-corrected chi connectivity index (χ2v) is 9.11. The minimum atomic E-state index is -4.43. The highest BCUT2D eigenvalue weighted by Gasteiger charge is 2.31. The van der Waals surface area contributed by atoms with Gasteiger partial charge < -0.3 is 19.3 Å². The molecule has 4 aromatic rings. The lowest BCUT2D eigenvalue weighted by atomic mass is 10.0. The number of anilines is 1. The van der Waals surface area contributed by atoms with E-state index in [0.717, 1.165) is 12.1 Å². The van der Waals surface area contributed by atoms with Gasteiger partial charge in [0.2, 0.25) is 0 Å². The molecule has 0 N–H and O–H groups in total. The van der Waals surface area contributed by atoms with Crippen LogP contribution in [0, 0.1) is 5.82 Å². The van der Waals surface area contributed by atoms with E-state index in [4.69, 9.17) is 9.47 Å². The van der Waals surface area contributed by atoms with Crippen LogP contribution >= 0.6 is 0 Å². The van der Waals surface area contributed by atoms with E-state index in [2.05, 4.69) is 4.98 Å². The second kappa shape index (κ2) is 10.4. The van der Waals surface area contributed by atoms with Gasteiger partial charge in [0.25, 0.3) is 5.91 Å². The van der Waals surface area contributed by atoms with Crippen LogP contribution in [0.4, 0.5) is 23.2 Å². The number of aromatic nitrogens is 1. The van der Waals surface area contributed by atoms with Gasteiger partial charge in [-0.2, -0.15) is 13.2 Å². The Morgan fingerprint density at radius 1 is 0.897 bits per heavy atom. The van der Waals surface area contributed by atoms with Crippen LogP contribution in [0.25, 0.3) is 22.2 Å². The standard InChI is InChI=1S/C29H25F4N3O3/c1-38-21-7-8-22(27(16-21)39-2)26-17-24(23-15-19(30)6-9-25(23)34-26)28(37)36-12-10-35(11-13-36)20-5-3-4-18(14-20)29(31,32)33/h3-9,14-17H,10-13H2,1-2H3. The summed E-state index contributed by atoms with van der Waals surface area (Å²) >= 11 is 0. The first-order valence-corrected chi connectivity index (χ1v) is 12.2. The Morgan fingerprint density at radius 2 is 1.67 bits per heavy atom. The fraction of sp³-hybridized carbons (Fsp3) is 0.241. The molecule has 6 nitrogen and oxygen atoms in total. The van der Waals surface area contributed by atoms with Gasteiger partial charge in [-0.25, -0.2) is 9.37 Å². The number of carbonyl (C=O) groups excluding carboxylic acids is 1. The molecule has 10 heteroatoms. The molecule has 0 saturated carbocycles. The van der Waals surface area contributed by atoms with E-state index in [-0.39, 0.29) is 24.6 Å². The lowest BCUT2D eigenvalue weighted by Crippen LogP contribution is -2.48.